The number of carboxylic acid groups (broad SMARTS) is 1. The van der Waals surface area contributed by atoms with E-state index in [4.69, 9.17) is 5.11 Å². The molecule has 21 heavy (non-hydrogen) atoms. The van der Waals surface area contributed by atoms with Crippen molar-refractivity contribution in [3.8, 4) is 0 Å². The van der Waals surface area contributed by atoms with Crippen molar-refractivity contribution in [2.24, 2.45) is 17.8 Å². The standard InChI is InChI=1S/C14H25N3O4/c1-9(2)6-16-14(21)17-12(18)8-15-7-10-4-3-5-11(10)13(19)20/h9-11,15H,3-8H2,1-2H3,(H,19,20)(H2,16,17,18,21). The van der Waals surface area contributed by atoms with Gasteiger partial charge in [0.25, 0.3) is 0 Å². The van der Waals surface area contributed by atoms with Crippen LogP contribution in [-0.4, -0.2) is 42.6 Å². The highest BCUT2D eigenvalue weighted by Gasteiger charge is 2.32. The van der Waals surface area contributed by atoms with Crippen LogP contribution in [0.15, 0.2) is 0 Å². The number of urea groups is 1. The average Bonchev–Trinajstić information content (AvgIpc) is 2.85. The summed E-state index contributed by atoms with van der Waals surface area (Å²) >= 11 is 0. The van der Waals surface area contributed by atoms with Crippen LogP contribution in [0.2, 0.25) is 0 Å². The van der Waals surface area contributed by atoms with Crippen LogP contribution in [-0.2, 0) is 9.59 Å². The highest BCUT2D eigenvalue weighted by molar-refractivity contribution is 5.95. The molecule has 7 nitrogen and oxygen atoms in total. The molecule has 1 aliphatic rings. The van der Waals surface area contributed by atoms with Gasteiger partial charge in [-0.15, -0.1) is 0 Å². The van der Waals surface area contributed by atoms with E-state index < -0.39 is 17.9 Å². The Balaban J connectivity index is 2.18. The molecule has 0 radical (unpaired) electrons. The van der Waals surface area contributed by atoms with Gasteiger partial charge in [-0.05, 0) is 31.2 Å². The van der Waals surface area contributed by atoms with Crippen molar-refractivity contribution in [3.63, 3.8) is 0 Å². The molecular formula is C14H25N3O4. The quantitative estimate of drug-likeness (QED) is 0.549. The van der Waals surface area contributed by atoms with E-state index in [-0.39, 0.29) is 18.4 Å². The Morgan fingerprint density at radius 2 is 1.95 bits per heavy atom. The van der Waals surface area contributed by atoms with Gasteiger partial charge in [0.15, 0.2) is 0 Å². The largest absolute Gasteiger partial charge is 0.481 e. The Hall–Kier alpha value is -1.63. The molecule has 120 valence electrons. The van der Waals surface area contributed by atoms with E-state index in [0.717, 1.165) is 12.8 Å². The summed E-state index contributed by atoms with van der Waals surface area (Å²) in [7, 11) is 0. The van der Waals surface area contributed by atoms with Crippen molar-refractivity contribution in [3.05, 3.63) is 0 Å². The van der Waals surface area contributed by atoms with Crippen LogP contribution in [0.25, 0.3) is 0 Å². The predicted molar refractivity (Wildman–Crippen MR) is 77.7 cm³/mol. The Morgan fingerprint density at radius 3 is 2.57 bits per heavy atom. The molecule has 0 aromatic carbocycles. The third-order valence-electron chi connectivity index (χ3n) is 3.59. The van der Waals surface area contributed by atoms with Gasteiger partial charge in [0.05, 0.1) is 12.5 Å². The number of carbonyl (C=O) groups excluding carboxylic acids is 2. The summed E-state index contributed by atoms with van der Waals surface area (Å²) in [5.41, 5.74) is 0. The zero-order chi connectivity index (χ0) is 15.8. The lowest BCUT2D eigenvalue weighted by atomic mass is 9.96. The SMILES string of the molecule is CC(C)CNC(=O)NC(=O)CNCC1CCCC1C(=O)O. The van der Waals surface area contributed by atoms with Gasteiger partial charge in [-0.3, -0.25) is 14.9 Å². The fourth-order valence-electron chi connectivity index (χ4n) is 2.49. The summed E-state index contributed by atoms with van der Waals surface area (Å²) < 4.78 is 0. The molecule has 0 aromatic heterocycles. The van der Waals surface area contributed by atoms with Gasteiger partial charge in [0.2, 0.25) is 5.91 Å². The molecule has 3 amide bonds. The van der Waals surface area contributed by atoms with Gasteiger partial charge in [-0.25, -0.2) is 4.79 Å². The molecule has 0 saturated heterocycles. The zero-order valence-corrected chi connectivity index (χ0v) is 12.6. The lowest BCUT2D eigenvalue weighted by molar-refractivity contribution is -0.142. The molecule has 2 atom stereocenters. The van der Waals surface area contributed by atoms with Gasteiger partial charge in [-0.2, -0.15) is 0 Å². The first-order chi connectivity index (χ1) is 9.90. The van der Waals surface area contributed by atoms with E-state index in [1.54, 1.807) is 0 Å². The fourth-order valence-corrected chi connectivity index (χ4v) is 2.49. The van der Waals surface area contributed by atoms with Crippen LogP contribution in [0.1, 0.15) is 33.1 Å². The molecule has 0 spiro atoms. The number of carboxylic acids is 1. The number of aliphatic carboxylic acids is 1. The molecule has 7 heteroatoms. The summed E-state index contributed by atoms with van der Waals surface area (Å²) in [6, 6.07) is -0.500. The highest BCUT2D eigenvalue weighted by Crippen LogP contribution is 2.31. The monoisotopic (exact) mass is 299 g/mol. The van der Waals surface area contributed by atoms with Crippen molar-refractivity contribution in [1.29, 1.82) is 0 Å². The smallest absolute Gasteiger partial charge is 0.321 e. The first-order valence-electron chi connectivity index (χ1n) is 7.41. The first kappa shape index (κ1) is 17.4. The van der Waals surface area contributed by atoms with E-state index in [0.29, 0.717) is 25.4 Å². The Bertz CT molecular complexity index is 384. The molecule has 1 aliphatic carbocycles. The van der Waals surface area contributed by atoms with E-state index in [1.807, 2.05) is 13.8 Å². The van der Waals surface area contributed by atoms with Gasteiger partial charge >= 0.3 is 12.0 Å². The molecule has 1 rings (SSSR count). The minimum absolute atomic E-state index is 0.0118. The van der Waals surface area contributed by atoms with E-state index in [9.17, 15) is 14.4 Å². The lowest BCUT2D eigenvalue weighted by Crippen LogP contribution is -2.45. The van der Waals surface area contributed by atoms with Crippen molar-refractivity contribution < 1.29 is 19.5 Å². The lowest BCUT2D eigenvalue weighted by Gasteiger charge is -2.16. The van der Waals surface area contributed by atoms with Crippen LogP contribution in [0.3, 0.4) is 0 Å². The number of carbonyl (C=O) groups is 3. The van der Waals surface area contributed by atoms with Crippen LogP contribution >= 0.6 is 0 Å². The Morgan fingerprint density at radius 1 is 1.24 bits per heavy atom. The van der Waals surface area contributed by atoms with Crippen LogP contribution in [0.4, 0.5) is 4.79 Å². The maximum atomic E-state index is 11.5. The van der Waals surface area contributed by atoms with Gasteiger partial charge in [0.1, 0.15) is 0 Å². The minimum atomic E-state index is -0.767. The third kappa shape index (κ3) is 6.57. The normalized spacial score (nSPS) is 21.3. The van der Waals surface area contributed by atoms with Crippen LogP contribution in [0.5, 0.6) is 0 Å². The van der Waals surface area contributed by atoms with Crippen LogP contribution < -0.4 is 16.0 Å². The molecule has 0 bridgehead atoms. The second kappa shape index (κ2) is 8.61. The van der Waals surface area contributed by atoms with Crippen molar-refractivity contribution in [2.75, 3.05) is 19.6 Å². The summed E-state index contributed by atoms with van der Waals surface area (Å²) in [6.07, 6.45) is 2.47. The summed E-state index contributed by atoms with van der Waals surface area (Å²) in [5, 5.41) is 16.8. The minimum Gasteiger partial charge on any atom is -0.481 e. The van der Waals surface area contributed by atoms with E-state index in [1.165, 1.54) is 0 Å². The maximum Gasteiger partial charge on any atom is 0.321 e. The van der Waals surface area contributed by atoms with Gasteiger partial charge in [-0.1, -0.05) is 20.3 Å². The second-order valence-electron chi connectivity index (χ2n) is 5.92. The van der Waals surface area contributed by atoms with Crippen molar-refractivity contribution in [2.45, 2.75) is 33.1 Å². The second-order valence-corrected chi connectivity index (χ2v) is 5.92. The summed E-state index contributed by atoms with van der Waals surface area (Å²) in [4.78, 5) is 33.9. The van der Waals surface area contributed by atoms with E-state index >= 15 is 0 Å². The number of amides is 3. The predicted octanol–water partition coefficient (Wildman–Crippen LogP) is 0.559. The molecule has 1 saturated carbocycles. The first-order valence-corrected chi connectivity index (χ1v) is 7.41. The molecule has 0 aromatic rings. The van der Waals surface area contributed by atoms with Gasteiger partial charge in [0, 0.05) is 6.54 Å². The number of rotatable bonds is 7. The fraction of sp³-hybridized carbons (Fsp3) is 0.786. The molecule has 4 N–H and O–H groups in total. The van der Waals surface area contributed by atoms with Gasteiger partial charge < -0.3 is 15.7 Å². The summed E-state index contributed by atoms with van der Waals surface area (Å²) in [5.74, 6) is -1.13. The number of imide groups is 1. The topological polar surface area (TPSA) is 108 Å². The highest BCUT2D eigenvalue weighted by atomic mass is 16.4. The van der Waals surface area contributed by atoms with Crippen molar-refractivity contribution >= 4 is 17.9 Å². The molecule has 0 heterocycles. The Kier molecular flexibility index (Phi) is 7.14. The number of hydrogen-bond donors (Lipinski definition) is 4. The van der Waals surface area contributed by atoms with Crippen molar-refractivity contribution in [1.82, 2.24) is 16.0 Å². The number of hydrogen-bond acceptors (Lipinski definition) is 4. The molecule has 0 aliphatic heterocycles. The molecule has 1 fully saturated rings. The average molecular weight is 299 g/mol. The van der Waals surface area contributed by atoms with Crippen LogP contribution in [0, 0.1) is 17.8 Å². The Labute approximate surface area is 124 Å². The zero-order valence-electron chi connectivity index (χ0n) is 12.6. The summed E-state index contributed by atoms with van der Waals surface area (Å²) in [6.45, 7) is 4.93. The third-order valence-corrected chi connectivity index (χ3v) is 3.59. The van der Waals surface area contributed by atoms with E-state index in [2.05, 4.69) is 16.0 Å². The number of nitrogens with one attached hydrogen (secondary N) is 3. The maximum absolute atomic E-state index is 11.5. The molecular weight excluding hydrogens is 274 g/mol. The molecule has 2 unspecified atom stereocenters.